The largest absolute Gasteiger partial charge is 0.381 e. The summed E-state index contributed by atoms with van der Waals surface area (Å²) in [6.45, 7) is 0.664. The molecule has 0 fully saturated rings. The molecule has 1 aromatic carbocycles. The van der Waals surface area contributed by atoms with Crippen molar-refractivity contribution in [3.05, 3.63) is 58.9 Å². The van der Waals surface area contributed by atoms with Crippen LogP contribution in [0.5, 0.6) is 0 Å². The normalized spacial score (nSPS) is 10.0. The summed E-state index contributed by atoms with van der Waals surface area (Å²) in [5, 5.41) is 6.24. The van der Waals surface area contributed by atoms with Gasteiger partial charge in [-0.3, -0.25) is 9.78 Å². The smallest absolute Gasteiger partial charge is 0.252 e. The van der Waals surface area contributed by atoms with Crippen molar-refractivity contribution in [3.63, 3.8) is 0 Å². The SMILES string of the molecule is CNC(=O)c1cc(NCc2ccncc2)ccc1Cl. The maximum atomic E-state index is 11.6. The second kappa shape index (κ2) is 6.20. The van der Waals surface area contributed by atoms with Gasteiger partial charge in [0.25, 0.3) is 5.91 Å². The fourth-order valence-electron chi connectivity index (χ4n) is 1.65. The lowest BCUT2D eigenvalue weighted by Crippen LogP contribution is -2.18. The zero-order valence-corrected chi connectivity index (χ0v) is 11.2. The van der Waals surface area contributed by atoms with Gasteiger partial charge in [-0.1, -0.05) is 11.6 Å². The monoisotopic (exact) mass is 275 g/mol. The number of rotatable bonds is 4. The number of benzene rings is 1. The number of nitrogens with zero attached hydrogens (tertiary/aromatic N) is 1. The van der Waals surface area contributed by atoms with Crippen LogP contribution in [-0.2, 0) is 6.54 Å². The van der Waals surface area contributed by atoms with Crippen molar-refractivity contribution in [2.45, 2.75) is 6.54 Å². The van der Waals surface area contributed by atoms with Crippen molar-refractivity contribution in [1.29, 1.82) is 0 Å². The average Bonchev–Trinajstić information content (AvgIpc) is 2.46. The lowest BCUT2D eigenvalue weighted by atomic mass is 10.1. The van der Waals surface area contributed by atoms with Crippen LogP contribution in [0.15, 0.2) is 42.7 Å². The van der Waals surface area contributed by atoms with E-state index in [1.165, 1.54) is 0 Å². The minimum Gasteiger partial charge on any atom is -0.381 e. The third-order valence-electron chi connectivity index (χ3n) is 2.68. The number of amides is 1. The minimum absolute atomic E-state index is 0.197. The van der Waals surface area contributed by atoms with Crippen molar-refractivity contribution >= 4 is 23.2 Å². The third-order valence-corrected chi connectivity index (χ3v) is 3.01. The second-order valence-electron chi connectivity index (χ2n) is 3.98. The highest BCUT2D eigenvalue weighted by Crippen LogP contribution is 2.21. The molecule has 0 spiro atoms. The Hall–Kier alpha value is -2.07. The Morgan fingerprint density at radius 1 is 1.26 bits per heavy atom. The van der Waals surface area contributed by atoms with E-state index in [1.807, 2.05) is 18.2 Å². The van der Waals surface area contributed by atoms with Gasteiger partial charge in [0, 0.05) is 31.7 Å². The fourth-order valence-corrected chi connectivity index (χ4v) is 1.85. The molecule has 0 saturated carbocycles. The van der Waals surface area contributed by atoms with Crippen LogP contribution in [-0.4, -0.2) is 17.9 Å². The predicted molar refractivity (Wildman–Crippen MR) is 76.4 cm³/mol. The Morgan fingerprint density at radius 3 is 2.68 bits per heavy atom. The summed E-state index contributed by atoms with van der Waals surface area (Å²) in [7, 11) is 1.58. The quantitative estimate of drug-likeness (QED) is 0.902. The van der Waals surface area contributed by atoms with E-state index in [0.717, 1.165) is 11.3 Å². The summed E-state index contributed by atoms with van der Waals surface area (Å²) in [4.78, 5) is 15.6. The Bertz CT molecular complexity index is 572. The van der Waals surface area contributed by atoms with Crippen molar-refractivity contribution in [2.24, 2.45) is 0 Å². The molecule has 1 aromatic heterocycles. The van der Waals surface area contributed by atoms with E-state index in [4.69, 9.17) is 11.6 Å². The first-order chi connectivity index (χ1) is 9.20. The summed E-state index contributed by atoms with van der Waals surface area (Å²) < 4.78 is 0. The Labute approximate surface area is 116 Å². The van der Waals surface area contributed by atoms with Crippen molar-refractivity contribution in [2.75, 3.05) is 12.4 Å². The summed E-state index contributed by atoms with van der Waals surface area (Å²) in [5.41, 5.74) is 2.43. The highest BCUT2D eigenvalue weighted by atomic mass is 35.5. The van der Waals surface area contributed by atoms with Crippen LogP contribution in [0.1, 0.15) is 15.9 Å². The molecule has 2 N–H and O–H groups in total. The number of anilines is 1. The van der Waals surface area contributed by atoms with Crippen LogP contribution in [0, 0.1) is 0 Å². The fraction of sp³-hybridized carbons (Fsp3) is 0.143. The molecule has 2 rings (SSSR count). The Balaban J connectivity index is 2.11. The first kappa shape index (κ1) is 13.4. The van der Waals surface area contributed by atoms with Crippen molar-refractivity contribution < 1.29 is 4.79 Å². The standard InChI is InChI=1S/C14H14ClN3O/c1-16-14(19)12-8-11(2-3-13(12)15)18-9-10-4-6-17-7-5-10/h2-8,18H,9H2,1H3,(H,16,19). The second-order valence-corrected chi connectivity index (χ2v) is 4.39. The van der Waals surface area contributed by atoms with Crippen LogP contribution in [0.2, 0.25) is 5.02 Å². The molecule has 0 bridgehead atoms. The first-order valence-corrected chi connectivity index (χ1v) is 6.23. The summed E-state index contributed by atoms with van der Waals surface area (Å²) >= 11 is 5.99. The molecule has 0 aliphatic carbocycles. The maximum absolute atomic E-state index is 11.6. The number of hydrogen-bond donors (Lipinski definition) is 2. The van der Waals surface area contributed by atoms with Crippen molar-refractivity contribution in [3.8, 4) is 0 Å². The zero-order valence-electron chi connectivity index (χ0n) is 10.5. The molecular weight excluding hydrogens is 262 g/mol. The summed E-state index contributed by atoms with van der Waals surface area (Å²) in [6.07, 6.45) is 3.49. The van der Waals surface area contributed by atoms with Gasteiger partial charge in [0.15, 0.2) is 0 Å². The van der Waals surface area contributed by atoms with Gasteiger partial charge in [-0.2, -0.15) is 0 Å². The van der Waals surface area contributed by atoms with E-state index in [-0.39, 0.29) is 5.91 Å². The van der Waals surface area contributed by atoms with Gasteiger partial charge in [-0.25, -0.2) is 0 Å². The molecule has 98 valence electrons. The van der Waals surface area contributed by atoms with Crippen LogP contribution >= 0.6 is 11.6 Å². The van der Waals surface area contributed by atoms with Crippen LogP contribution in [0.25, 0.3) is 0 Å². The molecule has 2 aromatic rings. The summed E-state index contributed by atoms with van der Waals surface area (Å²) in [5.74, 6) is -0.197. The molecule has 1 amide bonds. The van der Waals surface area contributed by atoms with Gasteiger partial charge < -0.3 is 10.6 Å². The van der Waals surface area contributed by atoms with Crippen LogP contribution in [0.4, 0.5) is 5.69 Å². The lowest BCUT2D eigenvalue weighted by molar-refractivity contribution is 0.0963. The number of hydrogen-bond acceptors (Lipinski definition) is 3. The van der Waals surface area contributed by atoms with Gasteiger partial charge in [0.2, 0.25) is 0 Å². The third kappa shape index (κ3) is 3.45. The van der Waals surface area contributed by atoms with Crippen LogP contribution < -0.4 is 10.6 Å². The Morgan fingerprint density at radius 2 is 2.00 bits per heavy atom. The van der Waals surface area contributed by atoms with Gasteiger partial charge in [0.1, 0.15) is 0 Å². The molecule has 0 aliphatic rings. The molecule has 4 nitrogen and oxygen atoms in total. The molecule has 0 unspecified atom stereocenters. The van der Waals surface area contributed by atoms with Gasteiger partial charge in [-0.05, 0) is 35.9 Å². The molecule has 19 heavy (non-hydrogen) atoms. The number of carbonyl (C=O) groups excluding carboxylic acids is 1. The predicted octanol–water partition coefficient (Wildman–Crippen LogP) is 2.71. The average molecular weight is 276 g/mol. The number of pyridine rings is 1. The van der Waals surface area contributed by atoms with E-state index in [2.05, 4.69) is 15.6 Å². The Kier molecular flexibility index (Phi) is 4.36. The zero-order chi connectivity index (χ0) is 13.7. The molecule has 0 radical (unpaired) electrons. The molecule has 5 heteroatoms. The van der Waals surface area contributed by atoms with E-state index in [0.29, 0.717) is 17.1 Å². The van der Waals surface area contributed by atoms with Gasteiger partial charge in [-0.15, -0.1) is 0 Å². The van der Waals surface area contributed by atoms with Gasteiger partial charge >= 0.3 is 0 Å². The number of halogens is 1. The van der Waals surface area contributed by atoms with E-state index < -0.39 is 0 Å². The summed E-state index contributed by atoms with van der Waals surface area (Å²) in [6, 6.07) is 9.16. The highest BCUT2D eigenvalue weighted by Gasteiger charge is 2.09. The number of nitrogens with one attached hydrogen (secondary N) is 2. The molecule has 0 atom stereocenters. The molecule has 1 heterocycles. The minimum atomic E-state index is -0.197. The van der Waals surface area contributed by atoms with E-state index >= 15 is 0 Å². The first-order valence-electron chi connectivity index (χ1n) is 5.85. The van der Waals surface area contributed by atoms with E-state index in [9.17, 15) is 4.79 Å². The van der Waals surface area contributed by atoms with E-state index in [1.54, 1.807) is 31.6 Å². The lowest BCUT2D eigenvalue weighted by Gasteiger charge is -2.09. The number of aromatic nitrogens is 1. The van der Waals surface area contributed by atoms with Gasteiger partial charge in [0.05, 0.1) is 10.6 Å². The molecule has 0 saturated heterocycles. The molecular formula is C14H14ClN3O. The topological polar surface area (TPSA) is 54.0 Å². The maximum Gasteiger partial charge on any atom is 0.252 e. The molecule has 0 aliphatic heterocycles. The highest BCUT2D eigenvalue weighted by molar-refractivity contribution is 6.34. The van der Waals surface area contributed by atoms with Crippen LogP contribution in [0.3, 0.4) is 0 Å². The van der Waals surface area contributed by atoms with Crippen molar-refractivity contribution in [1.82, 2.24) is 10.3 Å². The number of carbonyl (C=O) groups is 1.